The van der Waals surface area contributed by atoms with E-state index in [-0.39, 0.29) is 24.3 Å². The lowest BCUT2D eigenvalue weighted by atomic mass is 9.99. The van der Waals surface area contributed by atoms with Gasteiger partial charge in [0.15, 0.2) is 0 Å². The summed E-state index contributed by atoms with van der Waals surface area (Å²) in [6.45, 7) is 0.938. The number of nitrogens with zero attached hydrogens (tertiary/aromatic N) is 1. The van der Waals surface area contributed by atoms with Gasteiger partial charge in [-0.2, -0.15) is 0 Å². The lowest BCUT2D eigenvalue weighted by molar-refractivity contribution is -0.154. The van der Waals surface area contributed by atoms with Crippen LogP contribution in [0, 0.1) is 5.92 Å². The average molecular weight is 437 g/mol. The van der Waals surface area contributed by atoms with E-state index in [1.54, 1.807) is 4.90 Å². The molecule has 2 aromatic rings. The highest BCUT2D eigenvalue weighted by atomic mass is 16.5. The Bertz CT molecular complexity index is 894. The molecule has 0 spiro atoms. The molecule has 32 heavy (non-hydrogen) atoms. The van der Waals surface area contributed by atoms with E-state index in [0.717, 1.165) is 44.2 Å². The molecule has 2 aliphatic rings. The molecule has 2 aromatic carbocycles. The van der Waals surface area contributed by atoms with Crippen LogP contribution in [0.4, 0.5) is 5.69 Å². The number of hydrogen-bond donors (Lipinski definition) is 2. The van der Waals surface area contributed by atoms with Gasteiger partial charge in [-0.15, -0.1) is 0 Å². The van der Waals surface area contributed by atoms with Crippen molar-refractivity contribution in [3.8, 4) is 0 Å². The van der Waals surface area contributed by atoms with E-state index in [1.807, 2.05) is 42.5 Å². The zero-order valence-electron chi connectivity index (χ0n) is 18.4. The molecule has 1 saturated heterocycles. The van der Waals surface area contributed by atoms with Crippen molar-refractivity contribution in [1.29, 1.82) is 0 Å². The summed E-state index contributed by atoms with van der Waals surface area (Å²) in [5, 5.41) is 14.0. The van der Waals surface area contributed by atoms with E-state index in [0.29, 0.717) is 18.7 Å². The number of morpholine rings is 1. The third kappa shape index (κ3) is 5.56. The fourth-order valence-electron chi connectivity index (χ4n) is 4.69. The number of benzene rings is 2. The molecular formula is C26H32N2O4. The fraction of sp³-hybridized carbons (Fsp3) is 0.462. The summed E-state index contributed by atoms with van der Waals surface area (Å²) in [7, 11) is 0. The van der Waals surface area contributed by atoms with Gasteiger partial charge in [0.2, 0.25) is 11.8 Å². The molecule has 1 aliphatic carbocycles. The smallest absolute Gasteiger partial charge is 0.248 e. The molecule has 4 rings (SSSR count). The van der Waals surface area contributed by atoms with Gasteiger partial charge < -0.3 is 20.1 Å². The first kappa shape index (κ1) is 22.5. The number of carbonyl (C=O) groups excluding carboxylic acids is 2. The van der Waals surface area contributed by atoms with Crippen LogP contribution in [-0.4, -0.2) is 47.6 Å². The van der Waals surface area contributed by atoms with Crippen LogP contribution in [0.5, 0.6) is 0 Å². The van der Waals surface area contributed by atoms with Gasteiger partial charge in [0, 0.05) is 18.2 Å². The summed E-state index contributed by atoms with van der Waals surface area (Å²) in [6.07, 6.45) is 5.00. The second-order valence-electron chi connectivity index (χ2n) is 8.80. The highest BCUT2D eigenvalue weighted by molar-refractivity contribution is 5.92. The van der Waals surface area contributed by atoms with E-state index < -0.39 is 12.1 Å². The molecule has 2 fully saturated rings. The Morgan fingerprint density at radius 3 is 2.53 bits per heavy atom. The number of amides is 2. The lowest BCUT2D eigenvalue weighted by Gasteiger charge is -2.38. The first-order chi connectivity index (χ1) is 15.6. The Hall–Kier alpha value is -2.70. The highest BCUT2D eigenvalue weighted by Crippen LogP contribution is 2.28. The van der Waals surface area contributed by atoms with Crippen molar-refractivity contribution in [3.63, 3.8) is 0 Å². The second kappa shape index (κ2) is 10.7. The van der Waals surface area contributed by atoms with Gasteiger partial charge in [-0.1, -0.05) is 55.3 Å². The summed E-state index contributed by atoms with van der Waals surface area (Å²) in [4.78, 5) is 26.6. The van der Waals surface area contributed by atoms with Crippen molar-refractivity contribution < 1.29 is 19.4 Å². The monoisotopic (exact) mass is 436 g/mol. The van der Waals surface area contributed by atoms with Crippen LogP contribution < -0.4 is 5.32 Å². The van der Waals surface area contributed by atoms with E-state index in [1.165, 1.54) is 5.56 Å². The number of aryl methyl sites for hydroxylation is 1. The van der Waals surface area contributed by atoms with Crippen LogP contribution in [0.25, 0.3) is 0 Å². The molecule has 2 atom stereocenters. The van der Waals surface area contributed by atoms with Crippen LogP contribution in [0.15, 0.2) is 54.6 Å². The highest BCUT2D eigenvalue weighted by Gasteiger charge is 2.34. The van der Waals surface area contributed by atoms with Crippen LogP contribution in [0.2, 0.25) is 0 Å². The van der Waals surface area contributed by atoms with Gasteiger partial charge in [0.05, 0.1) is 12.6 Å². The second-order valence-corrected chi connectivity index (χ2v) is 8.80. The van der Waals surface area contributed by atoms with E-state index in [4.69, 9.17) is 4.74 Å². The molecule has 1 saturated carbocycles. The van der Waals surface area contributed by atoms with E-state index in [9.17, 15) is 14.7 Å². The first-order valence-corrected chi connectivity index (χ1v) is 11.6. The molecule has 0 bridgehead atoms. The number of carbonyl (C=O) groups is 2. The summed E-state index contributed by atoms with van der Waals surface area (Å²) in [6, 6.07) is 17.0. The Morgan fingerprint density at radius 1 is 1.09 bits per heavy atom. The number of aliphatic hydroxyl groups excluding tert-OH is 1. The third-order valence-electron chi connectivity index (χ3n) is 6.55. The minimum Gasteiger partial charge on any atom is -0.386 e. The van der Waals surface area contributed by atoms with Gasteiger partial charge in [0.25, 0.3) is 0 Å². The third-order valence-corrected chi connectivity index (χ3v) is 6.55. The van der Waals surface area contributed by atoms with Gasteiger partial charge in [-0.25, -0.2) is 0 Å². The number of nitrogens with one attached hydrogen (secondary N) is 1. The maximum absolute atomic E-state index is 12.5. The largest absolute Gasteiger partial charge is 0.386 e. The first-order valence-electron chi connectivity index (χ1n) is 11.6. The van der Waals surface area contributed by atoms with Gasteiger partial charge >= 0.3 is 0 Å². The van der Waals surface area contributed by atoms with Crippen molar-refractivity contribution >= 4 is 17.5 Å². The molecule has 2 N–H and O–H groups in total. The molecule has 6 nitrogen and oxygen atoms in total. The molecule has 0 aromatic heterocycles. The zero-order valence-corrected chi connectivity index (χ0v) is 18.4. The van der Waals surface area contributed by atoms with Crippen molar-refractivity contribution in [1.82, 2.24) is 4.90 Å². The molecular weight excluding hydrogens is 404 g/mol. The average Bonchev–Trinajstić information content (AvgIpc) is 3.36. The Labute approximate surface area is 189 Å². The Morgan fingerprint density at radius 2 is 1.81 bits per heavy atom. The van der Waals surface area contributed by atoms with Crippen LogP contribution in [0.1, 0.15) is 49.3 Å². The number of ether oxygens (including phenoxy) is 1. The normalized spacial score (nSPS) is 20.3. The summed E-state index contributed by atoms with van der Waals surface area (Å²) in [5.41, 5.74) is 2.68. The van der Waals surface area contributed by atoms with Gasteiger partial charge in [-0.05, 0) is 48.9 Å². The molecule has 170 valence electrons. The van der Waals surface area contributed by atoms with Crippen molar-refractivity contribution in [2.45, 2.75) is 50.7 Å². The van der Waals surface area contributed by atoms with E-state index in [2.05, 4.69) is 17.4 Å². The zero-order chi connectivity index (χ0) is 22.3. The Balaban J connectivity index is 1.36. The maximum atomic E-state index is 12.5. The quantitative estimate of drug-likeness (QED) is 0.661. The van der Waals surface area contributed by atoms with Crippen LogP contribution >= 0.6 is 0 Å². The summed E-state index contributed by atoms with van der Waals surface area (Å²) in [5.74, 6) is 0.0931. The molecule has 1 heterocycles. The minimum absolute atomic E-state index is 0.0562. The van der Waals surface area contributed by atoms with Gasteiger partial charge in [-0.3, -0.25) is 9.59 Å². The SMILES string of the molecule is O=C(Nc1ccc(C(O)C2COCC(=O)N2CCCc2ccccc2)cc1)C1CCCC1. The predicted octanol–water partition coefficient (Wildman–Crippen LogP) is 3.71. The number of hydrogen-bond acceptors (Lipinski definition) is 4. The number of anilines is 1. The lowest BCUT2D eigenvalue weighted by Crippen LogP contribution is -2.52. The topological polar surface area (TPSA) is 78.9 Å². The van der Waals surface area contributed by atoms with Crippen LogP contribution in [0.3, 0.4) is 0 Å². The number of rotatable bonds is 8. The fourth-order valence-corrected chi connectivity index (χ4v) is 4.69. The predicted molar refractivity (Wildman–Crippen MR) is 123 cm³/mol. The number of aliphatic hydroxyl groups is 1. The minimum atomic E-state index is -0.851. The van der Waals surface area contributed by atoms with Crippen molar-refractivity contribution in [2.24, 2.45) is 5.92 Å². The van der Waals surface area contributed by atoms with Crippen LogP contribution in [-0.2, 0) is 20.7 Å². The van der Waals surface area contributed by atoms with E-state index >= 15 is 0 Å². The molecule has 0 radical (unpaired) electrons. The van der Waals surface area contributed by atoms with Gasteiger partial charge in [0.1, 0.15) is 12.7 Å². The Kier molecular flexibility index (Phi) is 7.55. The standard InChI is InChI=1S/C26H32N2O4/c29-24-18-32-17-23(28(24)16-6-9-19-7-2-1-3-8-19)25(30)20-12-14-22(15-13-20)27-26(31)21-10-4-5-11-21/h1-3,7-8,12-15,21,23,25,30H,4-6,9-11,16-18H2,(H,27,31). The summed E-state index contributed by atoms with van der Waals surface area (Å²) < 4.78 is 5.46. The van der Waals surface area contributed by atoms with Crippen molar-refractivity contribution in [2.75, 3.05) is 25.1 Å². The maximum Gasteiger partial charge on any atom is 0.248 e. The molecule has 6 heteroatoms. The van der Waals surface area contributed by atoms with Crippen molar-refractivity contribution in [3.05, 3.63) is 65.7 Å². The molecule has 1 aliphatic heterocycles. The summed E-state index contributed by atoms with van der Waals surface area (Å²) >= 11 is 0. The molecule has 2 unspecified atom stereocenters. The molecule has 2 amide bonds.